The molecule has 0 radical (unpaired) electrons. The molecule has 1 aromatic heterocycles. The fourth-order valence-electron chi connectivity index (χ4n) is 2.38. The van der Waals surface area contributed by atoms with Gasteiger partial charge >= 0.3 is 0 Å². The Morgan fingerprint density at radius 3 is 2.64 bits per heavy atom. The van der Waals surface area contributed by atoms with Gasteiger partial charge in [0, 0.05) is 5.69 Å². The molecule has 0 bridgehead atoms. The van der Waals surface area contributed by atoms with Crippen LogP contribution in [0.3, 0.4) is 0 Å². The van der Waals surface area contributed by atoms with Crippen molar-refractivity contribution in [2.45, 2.75) is 84.4 Å². The van der Waals surface area contributed by atoms with Gasteiger partial charge in [0.05, 0.1) is 18.5 Å². The third-order valence-corrected chi connectivity index (χ3v) is 4.35. The maximum atomic E-state index is 13.2. The van der Waals surface area contributed by atoms with E-state index in [1.807, 2.05) is 13.8 Å². The molecule has 2 atom stereocenters. The molecule has 126 valence electrons. The molecule has 0 aromatic carbocycles. The van der Waals surface area contributed by atoms with Crippen LogP contribution < -0.4 is 5.49 Å². The minimum Gasteiger partial charge on any atom is -0.348 e. The lowest BCUT2D eigenvalue weighted by atomic mass is 10.0. The molecule has 22 heavy (non-hydrogen) atoms. The van der Waals surface area contributed by atoms with Crippen LogP contribution in [0.1, 0.15) is 72.8 Å². The number of unbranched alkanes of at least 4 members (excludes halogenated alkanes) is 2. The monoisotopic (exact) mass is 330 g/mol. The van der Waals surface area contributed by atoms with Gasteiger partial charge in [-0.2, -0.15) is 0 Å². The third kappa shape index (κ3) is 6.47. The van der Waals surface area contributed by atoms with Gasteiger partial charge in [0.15, 0.2) is 5.49 Å². The molecule has 0 fully saturated rings. The molecule has 0 amide bonds. The Balaban J connectivity index is 2.63. The maximum Gasteiger partial charge on any atom is 0.169 e. The highest BCUT2D eigenvalue weighted by molar-refractivity contribution is 6.30. The minimum atomic E-state index is -0.659. The Bertz CT molecular complexity index is 533. The Labute approximate surface area is 139 Å². The van der Waals surface area contributed by atoms with Gasteiger partial charge in [-0.3, -0.25) is 4.99 Å². The summed E-state index contributed by atoms with van der Waals surface area (Å²) < 4.78 is 20.9. The van der Waals surface area contributed by atoms with Crippen LogP contribution in [0.25, 0.3) is 0 Å². The number of H-pyrrole nitrogens is 1. The first kappa shape index (κ1) is 17.5. The minimum absolute atomic E-state index is 0.0911. The van der Waals surface area contributed by atoms with E-state index in [-0.39, 0.29) is 12.3 Å². The Morgan fingerprint density at radius 1 is 1.27 bits per heavy atom. The van der Waals surface area contributed by atoms with E-state index in [0.29, 0.717) is 29.8 Å². The van der Waals surface area contributed by atoms with Crippen molar-refractivity contribution in [3.8, 4) is 0 Å². The summed E-state index contributed by atoms with van der Waals surface area (Å²) in [6.07, 6.45) is 6.27. The molecule has 5 heteroatoms. The molecular weight excluding hydrogens is 301 g/mol. The highest BCUT2D eigenvalue weighted by Crippen LogP contribution is 2.14. The van der Waals surface area contributed by atoms with Crippen molar-refractivity contribution in [3.63, 3.8) is 0 Å². The number of halogens is 2. The zero-order valence-electron chi connectivity index (χ0n) is 15.0. The molecule has 0 spiro atoms. The molecule has 1 N–H and O–H groups in total. The topological polar surface area (TPSA) is 41.0 Å². The predicted octanol–water partition coefficient (Wildman–Crippen LogP) is 5.00. The lowest BCUT2D eigenvalue weighted by Crippen LogP contribution is -2.17. The number of aromatic nitrogens is 2. The summed E-state index contributed by atoms with van der Waals surface area (Å²) in [4.78, 5) is 11.6. The smallest absolute Gasteiger partial charge is 0.169 e. The molecule has 0 aliphatic rings. The average Bonchev–Trinajstić information content (AvgIpc) is 2.55. The zero-order chi connectivity index (χ0) is 17.2. The van der Waals surface area contributed by atoms with Crippen molar-refractivity contribution >= 4 is 11.6 Å². The Kier molecular flexibility index (Phi) is 8.54. The van der Waals surface area contributed by atoms with Crippen LogP contribution in [0.4, 0.5) is 4.39 Å². The zero-order valence-corrected chi connectivity index (χ0v) is 14.7. The van der Waals surface area contributed by atoms with Crippen LogP contribution >= 0.6 is 11.6 Å². The largest absolute Gasteiger partial charge is 0.348 e. The van der Waals surface area contributed by atoms with Crippen molar-refractivity contribution in [3.05, 3.63) is 22.5 Å². The molecule has 1 aromatic rings. The summed E-state index contributed by atoms with van der Waals surface area (Å²) in [5.41, 5.74) is 1.27. The number of aromatic amines is 1. The van der Waals surface area contributed by atoms with E-state index in [4.69, 9.17) is 13.0 Å². The lowest BCUT2D eigenvalue weighted by Gasteiger charge is -2.10. The Hall–Kier alpha value is -0.900. The summed E-state index contributed by atoms with van der Waals surface area (Å²) >= 11 is 6.30. The van der Waals surface area contributed by atoms with E-state index in [9.17, 15) is 4.39 Å². The summed E-state index contributed by atoms with van der Waals surface area (Å²) in [5, 5.41) is 0.519. The van der Waals surface area contributed by atoms with Gasteiger partial charge in [0.2, 0.25) is 0 Å². The normalized spacial score (nSPS) is 15.7. The summed E-state index contributed by atoms with van der Waals surface area (Å²) in [5.74, 6) is 0. The fourth-order valence-corrected chi connectivity index (χ4v) is 2.65. The van der Waals surface area contributed by atoms with E-state index in [2.05, 4.69) is 21.9 Å². The second kappa shape index (κ2) is 10.8. The van der Waals surface area contributed by atoms with E-state index < -0.39 is 6.17 Å². The van der Waals surface area contributed by atoms with Crippen molar-refractivity contribution in [1.29, 1.82) is 0 Å². The van der Waals surface area contributed by atoms with Crippen molar-refractivity contribution in [1.82, 2.24) is 9.97 Å². The second-order valence-electron chi connectivity index (χ2n) is 5.65. The molecule has 1 rings (SSSR count). The highest BCUT2D eigenvalue weighted by atomic mass is 35.5. The molecule has 0 saturated heterocycles. The molecule has 1 heterocycles. The summed E-state index contributed by atoms with van der Waals surface area (Å²) in [7, 11) is 0. The first-order chi connectivity index (χ1) is 11.0. The molecule has 0 saturated carbocycles. The van der Waals surface area contributed by atoms with E-state index >= 15 is 0 Å². The van der Waals surface area contributed by atoms with Gasteiger partial charge < -0.3 is 4.98 Å². The molecule has 2 unspecified atom stereocenters. The van der Waals surface area contributed by atoms with Gasteiger partial charge in [-0.25, -0.2) is 9.37 Å². The average molecular weight is 331 g/mol. The molecule has 3 nitrogen and oxygen atoms in total. The quantitative estimate of drug-likeness (QED) is 0.602. The van der Waals surface area contributed by atoms with Crippen LogP contribution in [-0.2, 0) is 6.42 Å². The van der Waals surface area contributed by atoms with Gasteiger partial charge in [0.25, 0.3) is 0 Å². The number of rotatable bonds is 10. The number of hydrogen-bond donors (Lipinski definition) is 1. The first-order valence-electron chi connectivity index (χ1n) is 8.94. The van der Waals surface area contributed by atoms with Crippen LogP contribution in [0.2, 0.25) is 5.02 Å². The summed E-state index contributed by atoms with van der Waals surface area (Å²) in [6.45, 7) is 5.95. The van der Waals surface area contributed by atoms with Crippen LogP contribution in [-0.4, -0.2) is 22.2 Å². The lowest BCUT2D eigenvalue weighted by molar-refractivity contribution is 0.296. The van der Waals surface area contributed by atoms with E-state index in [0.717, 1.165) is 37.8 Å². The van der Waals surface area contributed by atoms with Gasteiger partial charge in [-0.1, -0.05) is 51.6 Å². The first-order valence-corrected chi connectivity index (χ1v) is 8.82. The SMILES string of the molecule is [2H]c1nc(=NC(CC)CCCCCC(F)CC)c(Cl)c(CC)[nH]1. The van der Waals surface area contributed by atoms with Crippen molar-refractivity contribution in [2.75, 3.05) is 0 Å². The van der Waals surface area contributed by atoms with E-state index in [1.165, 1.54) is 0 Å². The van der Waals surface area contributed by atoms with Crippen molar-refractivity contribution in [2.24, 2.45) is 4.99 Å². The number of nitrogens with one attached hydrogen (secondary N) is 1. The molecule has 0 aliphatic heterocycles. The Morgan fingerprint density at radius 2 is 2.00 bits per heavy atom. The highest BCUT2D eigenvalue weighted by Gasteiger charge is 2.08. The van der Waals surface area contributed by atoms with Gasteiger partial charge in [-0.05, 0) is 32.1 Å². The fraction of sp³-hybridized carbons (Fsp3) is 0.765. The number of aryl methyl sites for hydroxylation is 1. The van der Waals surface area contributed by atoms with Crippen LogP contribution in [0.15, 0.2) is 11.3 Å². The van der Waals surface area contributed by atoms with Gasteiger partial charge in [0.1, 0.15) is 6.39 Å². The summed E-state index contributed by atoms with van der Waals surface area (Å²) in [6, 6.07) is 0.152. The molecule has 0 aliphatic carbocycles. The van der Waals surface area contributed by atoms with Gasteiger partial charge in [-0.15, -0.1) is 0 Å². The molecular formula is C17H29ClFN3. The third-order valence-electron chi connectivity index (χ3n) is 3.96. The second-order valence-corrected chi connectivity index (χ2v) is 6.03. The number of nitrogens with zero attached hydrogens (tertiary/aromatic N) is 2. The van der Waals surface area contributed by atoms with Crippen LogP contribution in [0.5, 0.6) is 0 Å². The van der Waals surface area contributed by atoms with Crippen LogP contribution in [0, 0.1) is 0 Å². The predicted molar refractivity (Wildman–Crippen MR) is 90.9 cm³/mol. The standard InChI is InChI=1S/C17H29ClFN3/c1-4-13(19)10-8-7-9-11-14(5-2)22-17-16(18)15(6-3)20-12-21-17/h12-14H,4-11H2,1-3H3,(H,20,21,22)/i12D. The van der Waals surface area contributed by atoms with Crippen molar-refractivity contribution < 1.29 is 5.76 Å². The van der Waals surface area contributed by atoms with E-state index in [1.54, 1.807) is 0 Å². The number of alkyl halides is 1. The maximum absolute atomic E-state index is 13.2. The number of hydrogen-bond acceptors (Lipinski definition) is 2.